The summed E-state index contributed by atoms with van der Waals surface area (Å²) in [6.45, 7) is 0.155. The van der Waals surface area contributed by atoms with E-state index in [9.17, 15) is 4.79 Å². The largest absolute Gasteiger partial charge is 0.508 e. The maximum Gasteiger partial charge on any atom is 0.336 e. The molecule has 1 rings (SSSR count). The van der Waals surface area contributed by atoms with E-state index < -0.39 is 5.97 Å². The number of aromatic hydroxyl groups is 1. The van der Waals surface area contributed by atoms with Crippen molar-refractivity contribution in [1.82, 2.24) is 0 Å². The summed E-state index contributed by atoms with van der Waals surface area (Å²) in [6.07, 6.45) is 0. The summed E-state index contributed by atoms with van der Waals surface area (Å²) in [5, 5.41) is 17.6. The fourth-order valence-corrected chi connectivity index (χ4v) is 0.942. The lowest BCUT2D eigenvalue weighted by atomic mass is 10.1. The van der Waals surface area contributed by atoms with Gasteiger partial charge >= 0.3 is 5.97 Å². The van der Waals surface area contributed by atoms with Gasteiger partial charge in [-0.3, -0.25) is 0 Å². The molecule has 0 saturated carbocycles. The minimum atomic E-state index is -1.08. The molecule has 1 aromatic rings. The van der Waals surface area contributed by atoms with Crippen molar-refractivity contribution in [2.24, 2.45) is 5.73 Å². The van der Waals surface area contributed by atoms with Crippen LogP contribution in [0, 0.1) is 0 Å². The Labute approximate surface area is 85.8 Å². The van der Waals surface area contributed by atoms with E-state index in [-0.39, 0.29) is 34.8 Å². The highest BCUT2D eigenvalue weighted by molar-refractivity contribution is 8.93. The van der Waals surface area contributed by atoms with Crippen molar-refractivity contribution < 1.29 is 15.0 Å². The number of rotatable bonds is 2. The molecule has 1 aromatic carbocycles. The Hall–Kier alpha value is -1.07. The lowest BCUT2D eigenvalue weighted by molar-refractivity contribution is 0.0695. The van der Waals surface area contributed by atoms with Gasteiger partial charge in [-0.1, -0.05) is 6.07 Å². The monoisotopic (exact) mass is 247 g/mol. The Balaban J connectivity index is 0.00000144. The zero-order valence-electron chi connectivity index (χ0n) is 6.73. The molecule has 0 amide bonds. The lowest BCUT2D eigenvalue weighted by Gasteiger charge is -2.02. The summed E-state index contributed by atoms with van der Waals surface area (Å²) in [6, 6.07) is 4.10. The first-order valence-electron chi connectivity index (χ1n) is 3.40. The molecule has 0 aliphatic carbocycles. The molecule has 0 radical (unpaired) electrons. The summed E-state index contributed by atoms with van der Waals surface area (Å²) >= 11 is 0. The second kappa shape index (κ2) is 4.84. The quantitative estimate of drug-likeness (QED) is 0.732. The molecule has 0 spiro atoms. The molecule has 0 aliphatic heterocycles. The SMILES string of the molecule is Br.NCc1ccc(O)cc1C(=O)O. The zero-order valence-corrected chi connectivity index (χ0v) is 8.44. The van der Waals surface area contributed by atoms with Gasteiger partial charge in [-0.2, -0.15) is 0 Å². The van der Waals surface area contributed by atoms with Gasteiger partial charge in [0.2, 0.25) is 0 Å². The molecule has 0 unspecified atom stereocenters. The average molecular weight is 248 g/mol. The molecule has 0 heterocycles. The van der Waals surface area contributed by atoms with Crippen molar-refractivity contribution in [3.63, 3.8) is 0 Å². The second-order valence-corrected chi connectivity index (χ2v) is 2.35. The molecule has 0 atom stereocenters. The molecule has 0 aromatic heterocycles. The van der Waals surface area contributed by atoms with Crippen LogP contribution in [0.25, 0.3) is 0 Å². The number of benzene rings is 1. The number of phenolic OH excluding ortho intramolecular Hbond substituents is 1. The fraction of sp³-hybridized carbons (Fsp3) is 0.125. The number of carboxylic acids is 1. The third kappa shape index (κ3) is 2.71. The molecule has 0 bridgehead atoms. The zero-order chi connectivity index (χ0) is 9.14. The van der Waals surface area contributed by atoms with Crippen LogP contribution in [0.5, 0.6) is 5.75 Å². The van der Waals surface area contributed by atoms with E-state index >= 15 is 0 Å². The van der Waals surface area contributed by atoms with Crippen molar-refractivity contribution in [3.05, 3.63) is 29.3 Å². The Morgan fingerprint density at radius 2 is 2.08 bits per heavy atom. The van der Waals surface area contributed by atoms with Gasteiger partial charge in [-0.05, 0) is 17.7 Å². The highest BCUT2D eigenvalue weighted by Crippen LogP contribution is 2.15. The number of nitrogens with two attached hydrogens (primary N) is 1. The van der Waals surface area contributed by atoms with Crippen LogP contribution in [-0.2, 0) is 6.54 Å². The van der Waals surface area contributed by atoms with Crippen LogP contribution in [0.15, 0.2) is 18.2 Å². The van der Waals surface area contributed by atoms with Crippen LogP contribution < -0.4 is 5.73 Å². The van der Waals surface area contributed by atoms with Crippen molar-refractivity contribution >= 4 is 23.0 Å². The molecule has 4 N–H and O–H groups in total. The molecule has 0 aliphatic rings. The third-order valence-corrected chi connectivity index (χ3v) is 1.54. The van der Waals surface area contributed by atoms with E-state index in [2.05, 4.69) is 0 Å². The Kier molecular flexibility index (Phi) is 4.44. The Morgan fingerprint density at radius 1 is 1.46 bits per heavy atom. The number of carbonyl (C=O) groups is 1. The van der Waals surface area contributed by atoms with Gasteiger partial charge in [0, 0.05) is 6.54 Å². The van der Waals surface area contributed by atoms with Gasteiger partial charge in [0.1, 0.15) is 5.75 Å². The van der Waals surface area contributed by atoms with Crippen LogP contribution in [0.3, 0.4) is 0 Å². The van der Waals surface area contributed by atoms with E-state index in [0.29, 0.717) is 5.56 Å². The van der Waals surface area contributed by atoms with Gasteiger partial charge in [-0.25, -0.2) is 4.79 Å². The minimum absolute atomic E-state index is 0. The summed E-state index contributed by atoms with van der Waals surface area (Å²) in [5.41, 5.74) is 5.86. The van der Waals surface area contributed by atoms with Crippen molar-refractivity contribution in [2.75, 3.05) is 0 Å². The Morgan fingerprint density at radius 3 is 2.54 bits per heavy atom. The predicted octanol–water partition coefficient (Wildman–Crippen LogP) is 1.13. The van der Waals surface area contributed by atoms with Crippen LogP contribution in [0.4, 0.5) is 0 Å². The number of carboxylic acid groups (broad SMARTS) is 1. The minimum Gasteiger partial charge on any atom is -0.508 e. The highest BCUT2D eigenvalue weighted by Gasteiger charge is 2.08. The van der Waals surface area contributed by atoms with Crippen molar-refractivity contribution in [1.29, 1.82) is 0 Å². The van der Waals surface area contributed by atoms with E-state index in [4.69, 9.17) is 15.9 Å². The van der Waals surface area contributed by atoms with Gasteiger partial charge in [0.15, 0.2) is 0 Å². The van der Waals surface area contributed by atoms with Crippen LogP contribution >= 0.6 is 17.0 Å². The predicted molar refractivity (Wildman–Crippen MR) is 53.3 cm³/mol. The number of hydrogen-bond donors (Lipinski definition) is 3. The van der Waals surface area contributed by atoms with Crippen LogP contribution in [-0.4, -0.2) is 16.2 Å². The average Bonchev–Trinajstić information content (AvgIpc) is 2.04. The molecular weight excluding hydrogens is 238 g/mol. The van der Waals surface area contributed by atoms with Gasteiger partial charge in [0.05, 0.1) is 5.56 Å². The van der Waals surface area contributed by atoms with E-state index in [1.54, 1.807) is 0 Å². The van der Waals surface area contributed by atoms with Gasteiger partial charge in [-0.15, -0.1) is 17.0 Å². The fourth-order valence-electron chi connectivity index (χ4n) is 0.942. The number of aromatic carboxylic acids is 1. The van der Waals surface area contributed by atoms with Gasteiger partial charge in [0.25, 0.3) is 0 Å². The highest BCUT2D eigenvalue weighted by atomic mass is 79.9. The Bertz CT molecular complexity index is 314. The number of hydrogen-bond acceptors (Lipinski definition) is 3. The molecule has 0 fully saturated rings. The second-order valence-electron chi connectivity index (χ2n) is 2.35. The smallest absolute Gasteiger partial charge is 0.336 e. The molecular formula is C8H10BrNO3. The molecule has 0 saturated heterocycles. The van der Waals surface area contributed by atoms with Crippen LogP contribution in [0.1, 0.15) is 15.9 Å². The summed E-state index contributed by atoms with van der Waals surface area (Å²) in [7, 11) is 0. The summed E-state index contributed by atoms with van der Waals surface area (Å²) in [4.78, 5) is 10.6. The molecule has 5 heteroatoms. The van der Waals surface area contributed by atoms with Crippen molar-refractivity contribution in [2.45, 2.75) is 6.54 Å². The van der Waals surface area contributed by atoms with Gasteiger partial charge < -0.3 is 15.9 Å². The molecule has 13 heavy (non-hydrogen) atoms. The maximum absolute atomic E-state index is 10.6. The molecule has 72 valence electrons. The number of phenols is 1. The van der Waals surface area contributed by atoms with E-state index in [1.807, 2.05) is 0 Å². The standard InChI is InChI=1S/C8H9NO3.BrH/c9-4-5-1-2-6(10)3-7(5)8(11)12;/h1-3,10H,4,9H2,(H,11,12);1H. The normalized spacial score (nSPS) is 9.00. The maximum atomic E-state index is 10.6. The van der Waals surface area contributed by atoms with E-state index in [1.165, 1.54) is 18.2 Å². The number of halogens is 1. The van der Waals surface area contributed by atoms with Crippen molar-refractivity contribution in [3.8, 4) is 5.75 Å². The summed E-state index contributed by atoms with van der Waals surface area (Å²) in [5.74, 6) is -1.14. The first kappa shape index (κ1) is 11.9. The third-order valence-electron chi connectivity index (χ3n) is 1.54. The topological polar surface area (TPSA) is 83.5 Å². The van der Waals surface area contributed by atoms with Crippen LogP contribution in [0.2, 0.25) is 0 Å². The first-order chi connectivity index (χ1) is 5.65. The molecule has 4 nitrogen and oxygen atoms in total. The summed E-state index contributed by atoms with van der Waals surface area (Å²) < 4.78 is 0. The first-order valence-corrected chi connectivity index (χ1v) is 3.40. The lowest BCUT2D eigenvalue weighted by Crippen LogP contribution is -2.06. The van der Waals surface area contributed by atoms with E-state index in [0.717, 1.165) is 0 Å².